The topological polar surface area (TPSA) is 64.4 Å². The minimum atomic E-state index is -0.756. The van der Waals surface area contributed by atoms with E-state index in [4.69, 9.17) is 16.3 Å². The van der Waals surface area contributed by atoms with Gasteiger partial charge < -0.3 is 9.64 Å². The van der Waals surface area contributed by atoms with Crippen molar-refractivity contribution in [2.75, 3.05) is 6.54 Å². The van der Waals surface area contributed by atoms with Crippen LogP contribution in [0.3, 0.4) is 0 Å². The van der Waals surface area contributed by atoms with Gasteiger partial charge in [-0.3, -0.25) is 14.2 Å². The van der Waals surface area contributed by atoms with Crippen LogP contribution in [-0.2, 0) is 30.9 Å². The summed E-state index contributed by atoms with van der Waals surface area (Å²) in [6, 6.07) is 9.02. The Labute approximate surface area is 188 Å². The number of rotatable bonds is 5. The number of aromatic nitrogens is 2. The Morgan fingerprint density at radius 2 is 2.00 bits per heavy atom. The summed E-state index contributed by atoms with van der Waals surface area (Å²) >= 11 is 6.14. The van der Waals surface area contributed by atoms with Crippen LogP contribution in [0.15, 0.2) is 47.5 Å². The van der Waals surface area contributed by atoms with Crippen LogP contribution in [0, 0.1) is 11.6 Å². The van der Waals surface area contributed by atoms with E-state index in [2.05, 4.69) is 4.98 Å². The monoisotopic (exact) mass is 459 g/mol. The van der Waals surface area contributed by atoms with Gasteiger partial charge in [-0.1, -0.05) is 29.8 Å². The Balaban J connectivity index is 1.48. The number of carbonyl (C=O) groups excluding carboxylic acids is 1. The predicted octanol–water partition coefficient (Wildman–Crippen LogP) is 3.71. The molecule has 0 radical (unpaired) electrons. The van der Waals surface area contributed by atoms with Crippen LogP contribution in [-0.4, -0.2) is 26.9 Å². The van der Waals surface area contributed by atoms with E-state index >= 15 is 0 Å². The molecule has 2 heterocycles. The quantitative estimate of drug-likeness (QED) is 0.583. The highest BCUT2D eigenvalue weighted by atomic mass is 35.5. The van der Waals surface area contributed by atoms with Gasteiger partial charge in [0.25, 0.3) is 5.56 Å². The first kappa shape index (κ1) is 22.0. The lowest BCUT2D eigenvalue weighted by Crippen LogP contribution is -2.34. The molecule has 0 N–H and O–H groups in total. The molecule has 3 aromatic rings. The third-order valence-corrected chi connectivity index (χ3v) is 5.73. The van der Waals surface area contributed by atoms with Gasteiger partial charge >= 0.3 is 0 Å². The molecule has 1 aromatic heterocycles. The highest BCUT2D eigenvalue weighted by Gasteiger charge is 2.19. The molecular formula is C23H20ClF2N3O3. The van der Waals surface area contributed by atoms with E-state index < -0.39 is 17.2 Å². The molecule has 32 heavy (non-hydrogen) atoms. The maximum absolute atomic E-state index is 13.8. The van der Waals surface area contributed by atoms with Gasteiger partial charge in [-0.15, -0.1) is 0 Å². The largest absolute Gasteiger partial charge is 0.471 e. The number of hydrogen-bond donors (Lipinski definition) is 0. The zero-order valence-electron chi connectivity index (χ0n) is 17.3. The Morgan fingerprint density at radius 3 is 2.75 bits per heavy atom. The number of nitrogens with zero attached hydrogens (tertiary/aromatic N) is 3. The molecule has 0 saturated heterocycles. The van der Waals surface area contributed by atoms with Crippen LogP contribution in [0.25, 0.3) is 0 Å². The molecule has 0 unspecified atom stereocenters. The molecule has 0 spiro atoms. The van der Waals surface area contributed by atoms with Gasteiger partial charge in [0, 0.05) is 31.6 Å². The van der Waals surface area contributed by atoms with Crippen molar-refractivity contribution < 1.29 is 18.3 Å². The summed E-state index contributed by atoms with van der Waals surface area (Å²) in [5, 5.41) is -0.218. The van der Waals surface area contributed by atoms with Crippen molar-refractivity contribution in [3.8, 4) is 5.88 Å². The molecule has 6 nitrogen and oxygen atoms in total. The van der Waals surface area contributed by atoms with Gasteiger partial charge in [-0.25, -0.2) is 13.8 Å². The van der Waals surface area contributed by atoms with Crippen LogP contribution in [0.1, 0.15) is 29.2 Å². The fourth-order valence-corrected chi connectivity index (χ4v) is 3.83. The van der Waals surface area contributed by atoms with Gasteiger partial charge in [0.15, 0.2) is 5.02 Å². The molecule has 9 heteroatoms. The van der Waals surface area contributed by atoms with Crippen LogP contribution in [0.5, 0.6) is 5.88 Å². The van der Waals surface area contributed by atoms with Crippen LogP contribution in [0.4, 0.5) is 8.78 Å². The van der Waals surface area contributed by atoms with E-state index in [1.165, 1.54) is 17.0 Å². The normalized spacial score (nSPS) is 13.1. The summed E-state index contributed by atoms with van der Waals surface area (Å²) < 4.78 is 33.5. The van der Waals surface area contributed by atoms with E-state index in [9.17, 15) is 18.4 Å². The van der Waals surface area contributed by atoms with Crippen molar-refractivity contribution in [3.63, 3.8) is 0 Å². The van der Waals surface area contributed by atoms with Crippen molar-refractivity contribution in [1.29, 1.82) is 0 Å². The first-order valence-corrected chi connectivity index (χ1v) is 10.4. The molecular weight excluding hydrogens is 440 g/mol. The van der Waals surface area contributed by atoms with E-state index in [1.54, 1.807) is 11.8 Å². The lowest BCUT2D eigenvalue weighted by Gasteiger charge is -2.28. The highest BCUT2D eigenvalue weighted by molar-refractivity contribution is 6.31. The Morgan fingerprint density at radius 1 is 1.19 bits per heavy atom. The number of fused-ring (bicyclic) bond motifs is 1. The second-order valence-corrected chi connectivity index (χ2v) is 7.99. The second kappa shape index (κ2) is 9.08. The van der Waals surface area contributed by atoms with E-state index in [1.807, 2.05) is 18.2 Å². The average molecular weight is 460 g/mol. The summed E-state index contributed by atoms with van der Waals surface area (Å²) in [7, 11) is 0. The summed E-state index contributed by atoms with van der Waals surface area (Å²) in [5.41, 5.74) is 2.77. The van der Waals surface area contributed by atoms with Gasteiger partial charge in [0.2, 0.25) is 11.8 Å². The summed E-state index contributed by atoms with van der Waals surface area (Å²) in [5.74, 6) is -1.51. The van der Waals surface area contributed by atoms with Crippen molar-refractivity contribution >= 4 is 17.5 Å². The lowest BCUT2D eigenvalue weighted by molar-refractivity contribution is -0.129. The minimum Gasteiger partial charge on any atom is -0.471 e. The van der Waals surface area contributed by atoms with Crippen molar-refractivity contribution in [2.45, 2.75) is 33.0 Å². The van der Waals surface area contributed by atoms with E-state index in [-0.39, 0.29) is 35.5 Å². The molecule has 0 bridgehead atoms. The first-order valence-electron chi connectivity index (χ1n) is 9.99. The molecule has 0 atom stereocenters. The minimum absolute atomic E-state index is 0.0523. The average Bonchev–Trinajstić information content (AvgIpc) is 2.77. The molecule has 1 aliphatic rings. The Kier molecular flexibility index (Phi) is 6.23. The zero-order valence-corrected chi connectivity index (χ0v) is 18.0. The molecule has 1 aliphatic heterocycles. The van der Waals surface area contributed by atoms with E-state index in [0.29, 0.717) is 13.1 Å². The number of benzene rings is 2. The first-order chi connectivity index (χ1) is 15.3. The number of hydrogen-bond acceptors (Lipinski definition) is 4. The third kappa shape index (κ3) is 4.65. The Bertz CT molecular complexity index is 1250. The van der Waals surface area contributed by atoms with Gasteiger partial charge in [-0.2, -0.15) is 0 Å². The number of carbonyl (C=O) groups is 1. The van der Waals surface area contributed by atoms with Crippen LogP contribution >= 0.6 is 11.6 Å². The van der Waals surface area contributed by atoms with Gasteiger partial charge in [-0.05, 0) is 35.2 Å². The zero-order chi connectivity index (χ0) is 22.8. The molecule has 1 amide bonds. The fourth-order valence-electron chi connectivity index (χ4n) is 3.62. The molecule has 0 aliphatic carbocycles. The smallest absolute Gasteiger partial charge is 0.276 e. The highest BCUT2D eigenvalue weighted by Crippen LogP contribution is 2.22. The molecule has 0 saturated carbocycles. The SMILES string of the molecule is CC(=O)N1CCc2cc(Cn3cnc(OCc4ccc(F)cc4F)c(Cl)c3=O)ccc2C1. The van der Waals surface area contributed by atoms with Crippen molar-refractivity contribution in [1.82, 2.24) is 14.5 Å². The maximum atomic E-state index is 13.8. The predicted molar refractivity (Wildman–Crippen MR) is 115 cm³/mol. The summed E-state index contributed by atoms with van der Waals surface area (Å²) in [4.78, 5) is 30.1. The maximum Gasteiger partial charge on any atom is 0.276 e. The molecule has 4 rings (SSSR count). The van der Waals surface area contributed by atoms with E-state index in [0.717, 1.165) is 35.2 Å². The number of halogens is 3. The number of ether oxygens (including phenoxy) is 1. The van der Waals surface area contributed by atoms with Crippen LogP contribution < -0.4 is 10.3 Å². The van der Waals surface area contributed by atoms with Crippen molar-refractivity contribution in [3.05, 3.63) is 92.0 Å². The fraction of sp³-hybridized carbons (Fsp3) is 0.261. The standard InChI is InChI=1S/C23H20ClF2N3O3/c1-14(30)28-7-6-16-8-15(2-3-17(16)11-28)10-29-13-27-22(21(24)23(29)31)32-12-18-4-5-19(25)9-20(18)26/h2-5,8-9,13H,6-7,10-12H2,1H3. The number of amides is 1. The van der Waals surface area contributed by atoms with Crippen LogP contribution in [0.2, 0.25) is 5.02 Å². The molecule has 2 aromatic carbocycles. The Hall–Kier alpha value is -3.26. The molecule has 166 valence electrons. The van der Waals surface area contributed by atoms with Gasteiger partial charge in [0.05, 0.1) is 6.54 Å². The molecule has 0 fully saturated rings. The summed E-state index contributed by atoms with van der Waals surface area (Å²) in [6.07, 6.45) is 2.07. The second-order valence-electron chi connectivity index (χ2n) is 7.61. The lowest BCUT2D eigenvalue weighted by atomic mass is 9.97. The third-order valence-electron chi connectivity index (χ3n) is 5.41. The summed E-state index contributed by atoms with van der Waals surface area (Å²) in [6.45, 7) is 2.83. The van der Waals surface area contributed by atoms with Gasteiger partial charge in [0.1, 0.15) is 24.6 Å². The van der Waals surface area contributed by atoms with Crippen molar-refractivity contribution in [2.24, 2.45) is 0 Å².